The number of carboxylic acid groups (broad SMARTS) is 1. The van der Waals surface area contributed by atoms with E-state index in [4.69, 9.17) is 9.84 Å². The molecule has 0 aliphatic heterocycles. The molecule has 0 heterocycles. The first kappa shape index (κ1) is 15.0. The van der Waals surface area contributed by atoms with Crippen LogP contribution in [0.1, 0.15) is 30.1 Å². The van der Waals surface area contributed by atoms with E-state index in [2.05, 4.69) is 28.2 Å². The van der Waals surface area contributed by atoms with Gasteiger partial charge in [0.2, 0.25) is 0 Å². The number of ether oxygens (including phenoxy) is 1. The van der Waals surface area contributed by atoms with E-state index in [0.29, 0.717) is 6.61 Å². The molecule has 1 atom stereocenters. The minimum absolute atomic E-state index is 0.191. The van der Waals surface area contributed by atoms with Crippen LogP contribution in [0, 0.1) is 0 Å². The molecule has 100 valence electrons. The molecule has 0 aromatic heterocycles. The SMILES string of the molecule is CCCC(COC)Nc1cc(Br)cc(C(=O)O)c1. The van der Waals surface area contributed by atoms with Crippen LogP contribution in [0.5, 0.6) is 0 Å². The Morgan fingerprint density at radius 2 is 2.22 bits per heavy atom. The van der Waals surface area contributed by atoms with Gasteiger partial charge in [-0.2, -0.15) is 0 Å². The predicted molar refractivity (Wildman–Crippen MR) is 75.3 cm³/mol. The summed E-state index contributed by atoms with van der Waals surface area (Å²) >= 11 is 3.31. The molecule has 0 saturated carbocycles. The van der Waals surface area contributed by atoms with E-state index in [-0.39, 0.29) is 11.6 Å². The smallest absolute Gasteiger partial charge is 0.335 e. The van der Waals surface area contributed by atoms with E-state index in [1.807, 2.05) is 6.07 Å². The average Bonchev–Trinajstić information content (AvgIpc) is 2.28. The van der Waals surface area contributed by atoms with Crippen LogP contribution in [0.25, 0.3) is 0 Å². The zero-order valence-electron chi connectivity index (χ0n) is 10.6. The van der Waals surface area contributed by atoms with E-state index < -0.39 is 5.97 Å². The fraction of sp³-hybridized carbons (Fsp3) is 0.462. The number of rotatable bonds is 7. The molecule has 0 saturated heterocycles. The number of hydrogen-bond acceptors (Lipinski definition) is 3. The largest absolute Gasteiger partial charge is 0.478 e. The number of carbonyl (C=O) groups is 1. The molecule has 1 rings (SSSR count). The molecule has 0 aliphatic rings. The summed E-state index contributed by atoms with van der Waals surface area (Å²) in [5.41, 5.74) is 1.05. The van der Waals surface area contributed by atoms with Crippen LogP contribution in [0.4, 0.5) is 5.69 Å². The molecule has 0 bridgehead atoms. The van der Waals surface area contributed by atoms with Crippen molar-refractivity contribution in [2.75, 3.05) is 19.0 Å². The van der Waals surface area contributed by atoms with Gasteiger partial charge in [-0.25, -0.2) is 4.79 Å². The van der Waals surface area contributed by atoms with Crippen molar-refractivity contribution in [3.05, 3.63) is 28.2 Å². The summed E-state index contributed by atoms with van der Waals surface area (Å²) in [7, 11) is 1.66. The summed E-state index contributed by atoms with van der Waals surface area (Å²) in [6.07, 6.45) is 2.02. The van der Waals surface area contributed by atoms with Crippen molar-refractivity contribution in [3.63, 3.8) is 0 Å². The van der Waals surface area contributed by atoms with Crippen molar-refractivity contribution < 1.29 is 14.6 Å². The Morgan fingerprint density at radius 3 is 2.78 bits per heavy atom. The summed E-state index contributed by atoms with van der Waals surface area (Å²) in [6.45, 7) is 2.71. The lowest BCUT2D eigenvalue weighted by Crippen LogP contribution is -2.24. The Balaban J connectivity index is 2.84. The highest BCUT2D eigenvalue weighted by Crippen LogP contribution is 2.21. The maximum Gasteiger partial charge on any atom is 0.335 e. The summed E-state index contributed by atoms with van der Waals surface area (Å²) in [6, 6.07) is 5.27. The number of halogens is 1. The van der Waals surface area contributed by atoms with Gasteiger partial charge >= 0.3 is 5.97 Å². The molecule has 0 radical (unpaired) electrons. The Morgan fingerprint density at radius 1 is 1.50 bits per heavy atom. The van der Waals surface area contributed by atoms with E-state index in [0.717, 1.165) is 23.0 Å². The third-order valence-electron chi connectivity index (χ3n) is 2.52. The zero-order valence-corrected chi connectivity index (χ0v) is 12.2. The standard InChI is InChI=1S/C13H18BrNO3/c1-3-4-11(8-18-2)15-12-6-9(13(16)17)5-10(14)7-12/h5-7,11,15H,3-4,8H2,1-2H3,(H,16,17). The lowest BCUT2D eigenvalue weighted by molar-refractivity contribution is 0.0697. The van der Waals surface area contributed by atoms with Crippen LogP contribution in [0.2, 0.25) is 0 Å². The van der Waals surface area contributed by atoms with Crippen LogP contribution in [0.15, 0.2) is 22.7 Å². The number of aromatic carboxylic acids is 1. The Hall–Kier alpha value is -1.07. The summed E-state index contributed by atoms with van der Waals surface area (Å²) in [4.78, 5) is 11.0. The molecular weight excluding hydrogens is 298 g/mol. The van der Waals surface area contributed by atoms with Gasteiger partial charge in [-0.05, 0) is 24.6 Å². The second kappa shape index (κ2) is 7.38. The molecule has 1 aromatic rings. The topological polar surface area (TPSA) is 58.6 Å². The highest BCUT2D eigenvalue weighted by Gasteiger charge is 2.10. The van der Waals surface area contributed by atoms with Crippen LogP contribution >= 0.6 is 15.9 Å². The fourth-order valence-corrected chi connectivity index (χ4v) is 2.27. The average molecular weight is 316 g/mol. The van der Waals surface area contributed by atoms with Crippen LogP contribution in [-0.4, -0.2) is 30.8 Å². The molecule has 18 heavy (non-hydrogen) atoms. The molecule has 4 nitrogen and oxygen atoms in total. The first-order valence-electron chi connectivity index (χ1n) is 5.86. The van der Waals surface area contributed by atoms with E-state index >= 15 is 0 Å². The number of carboxylic acids is 1. The summed E-state index contributed by atoms with van der Waals surface area (Å²) in [5.74, 6) is -0.932. The highest BCUT2D eigenvalue weighted by molar-refractivity contribution is 9.10. The third kappa shape index (κ3) is 4.66. The lowest BCUT2D eigenvalue weighted by atomic mass is 10.1. The quantitative estimate of drug-likeness (QED) is 0.810. The van der Waals surface area contributed by atoms with Crippen LogP contribution in [0.3, 0.4) is 0 Å². The lowest BCUT2D eigenvalue weighted by Gasteiger charge is -2.19. The molecule has 1 aromatic carbocycles. The highest BCUT2D eigenvalue weighted by atomic mass is 79.9. The first-order valence-corrected chi connectivity index (χ1v) is 6.65. The Bertz CT molecular complexity index is 403. The van der Waals surface area contributed by atoms with Gasteiger partial charge < -0.3 is 15.2 Å². The monoisotopic (exact) mass is 315 g/mol. The minimum Gasteiger partial charge on any atom is -0.478 e. The Labute approximate surface area is 115 Å². The van der Waals surface area contributed by atoms with Crippen molar-refractivity contribution in [1.82, 2.24) is 0 Å². The molecule has 0 aliphatic carbocycles. The third-order valence-corrected chi connectivity index (χ3v) is 2.98. The van der Waals surface area contributed by atoms with Gasteiger partial charge in [-0.3, -0.25) is 0 Å². The van der Waals surface area contributed by atoms with Crippen molar-refractivity contribution in [2.45, 2.75) is 25.8 Å². The van der Waals surface area contributed by atoms with Gasteiger partial charge in [-0.1, -0.05) is 29.3 Å². The van der Waals surface area contributed by atoms with Crippen molar-refractivity contribution in [1.29, 1.82) is 0 Å². The van der Waals surface area contributed by atoms with E-state index in [1.54, 1.807) is 19.2 Å². The first-order chi connectivity index (χ1) is 8.56. The number of benzene rings is 1. The van der Waals surface area contributed by atoms with Gasteiger partial charge in [-0.15, -0.1) is 0 Å². The molecule has 1 unspecified atom stereocenters. The zero-order chi connectivity index (χ0) is 13.5. The van der Waals surface area contributed by atoms with Crippen LogP contribution < -0.4 is 5.32 Å². The second-order valence-electron chi connectivity index (χ2n) is 4.12. The molecule has 5 heteroatoms. The van der Waals surface area contributed by atoms with Gasteiger partial charge in [0.15, 0.2) is 0 Å². The van der Waals surface area contributed by atoms with Gasteiger partial charge in [0.25, 0.3) is 0 Å². The van der Waals surface area contributed by atoms with Crippen molar-refractivity contribution >= 4 is 27.6 Å². The number of hydrogen-bond donors (Lipinski definition) is 2. The van der Waals surface area contributed by atoms with Gasteiger partial charge in [0, 0.05) is 23.3 Å². The van der Waals surface area contributed by atoms with Gasteiger partial charge in [0.1, 0.15) is 0 Å². The molecule has 0 fully saturated rings. The minimum atomic E-state index is -0.932. The maximum atomic E-state index is 11.0. The molecule has 0 spiro atoms. The van der Waals surface area contributed by atoms with Crippen molar-refractivity contribution in [3.8, 4) is 0 Å². The normalized spacial score (nSPS) is 12.2. The summed E-state index contributed by atoms with van der Waals surface area (Å²) in [5, 5.41) is 12.3. The fourth-order valence-electron chi connectivity index (χ4n) is 1.78. The van der Waals surface area contributed by atoms with E-state index in [9.17, 15) is 4.79 Å². The number of anilines is 1. The van der Waals surface area contributed by atoms with Crippen LogP contribution in [-0.2, 0) is 4.74 Å². The molecular formula is C13H18BrNO3. The van der Waals surface area contributed by atoms with E-state index in [1.165, 1.54) is 0 Å². The predicted octanol–water partition coefficient (Wildman–Crippen LogP) is 3.37. The Kier molecular flexibility index (Phi) is 6.15. The van der Waals surface area contributed by atoms with Crippen molar-refractivity contribution in [2.24, 2.45) is 0 Å². The second-order valence-corrected chi connectivity index (χ2v) is 5.03. The number of nitrogens with one attached hydrogen (secondary N) is 1. The molecule has 2 N–H and O–H groups in total. The number of methoxy groups -OCH3 is 1. The summed E-state index contributed by atoms with van der Waals surface area (Å²) < 4.78 is 5.89. The molecule has 0 amide bonds. The maximum absolute atomic E-state index is 11.0. The van der Waals surface area contributed by atoms with Gasteiger partial charge in [0.05, 0.1) is 12.2 Å².